The summed E-state index contributed by atoms with van der Waals surface area (Å²) in [4.78, 5) is 2.38. The smallest absolute Gasteiger partial charge is 0.203 e. The number of ether oxygens (including phenoxy) is 6. The van der Waals surface area contributed by atoms with E-state index in [1.165, 1.54) is 0 Å². The number of methoxy groups -OCH3 is 4. The molecule has 0 aromatic heterocycles. The van der Waals surface area contributed by atoms with E-state index in [-0.39, 0.29) is 0 Å². The fourth-order valence-electron chi connectivity index (χ4n) is 2.76. The Morgan fingerprint density at radius 2 is 1.32 bits per heavy atom. The Hall–Kier alpha value is -1.54. The largest absolute Gasteiger partial charge is 0.493 e. The molecule has 0 aliphatic heterocycles. The van der Waals surface area contributed by atoms with E-state index >= 15 is 0 Å². The van der Waals surface area contributed by atoms with Crippen molar-refractivity contribution in [3.05, 3.63) is 18.2 Å². The standard InChI is InChI=1S/C21H37NO6/c1-23-15-12-22(13-16-24-2)11-6-5-7-14-27-17-18-28-21-19(25-3)9-8-10-20(21)26-4/h8-10H,5-7,11-18H2,1-4H3. The van der Waals surface area contributed by atoms with Crippen LogP contribution in [-0.2, 0) is 14.2 Å². The lowest BCUT2D eigenvalue weighted by Gasteiger charge is -2.21. The summed E-state index contributed by atoms with van der Waals surface area (Å²) in [5.41, 5.74) is 0. The second-order valence-corrected chi connectivity index (χ2v) is 6.34. The lowest BCUT2D eigenvalue weighted by molar-refractivity contribution is 0.0925. The van der Waals surface area contributed by atoms with Crippen LogP contribution in [0.5, 0.6) is 17.2 Å². The number of hydrogen-bond acceptors (Lipinski definition) is 7. The van der Waals surface area contributed by atoms with E-state index in [0.29, 0.717) is 30.5 Å². The van der Waals surface area contributed by atoms with Crippen LogP contribution in [-0.4, -0.2) is 86.0 Å². The summed E-state index contributed by atoms with van der Waals surface area (Å²) in [6.45, 7) is 6.19. The van der Waals surface area contributed by atoms with Crippen molar-refractivity contribution < 1.29 is 28.4 Å². The average Bonchev–Trinajstić information content (AvgIpc) is 2.73. The van der Waals surface area contributed by atoms with Gasteiger partial charge in [0.15, 0.2) is 11.5 Å². The molecule has 0 aliphatic rings. The first-order valence-electron chi connectivity index (χ1n) is 9.88. The summed E-state index contributed by atoms with van der Waals surface area (Å²) >= 11 is 0. The van der Waals surface area contributed by atoms with Gasteiger partial charge in [0.1, 0.15) is 6.61 Å². The molecule has 7 nitrogen and oxygen atoms in total. The lowest BCUT2D eigenvalue weighted by atomic mass is 10.2. The van der Waals surface area contributed by atoms with Gasteiger partial charge >= 0.3 is 0 Å². The number of benzene rings is 1. The number of para-hydroxylation sites is 1. The second kappa shape index (κ2) is 16.4. The number of nitrogens with zero attached hydrogens (tertiary/aromatic N) is 1. The third kappa shape index (κ3) is 10.1. The van der Waals surface area contributed by atoms with Crippen molar-refractivity contribution in [1.29, 1.82) is 0 Å². The molecular weight excluding hydrogens is 362 g/mol. The molecule has 0 saturated carbocycles. The maximum absolute atomic E-state index is 5.78. The first-order valence-corrected chi connectivity index (χ1v) is 9.88. The molecule has 0 fully saturated rings. The normalized spacial score (nSPS) is 11.0. The molecule has 0 spiro atoms. The van der Waals surface area contributed by atoms with Gasteiger partial charge in [-0.3, -0.25) is 4.90 Å². The van der Waals surface area contributed by atoms with Gasteiger partial charge in [0, 0.05) is 33.9 Å². The molecule has 1 rings (SSSR count). The Morgan fingerprint density at radius 3 is 1.89 bits per heavy atom. The fourth-order valence-corrected chi connectivity index (χ4v) is 2.76. The predicted molar refractivity (Wildman–Crippen MR) is 110 cm³/mol. The van der Waals surface area contributed by atoms with Gasteiger partial charge in [0.2, 0.25) is 5.75 Å². The fraction of sp³-hybridized carbons (Fsp3) is 0.714. The highest BCUT2D eigenvalue weighted by molar-refractivity contribution is 5.51. The molecule has 1 aromatic carbocycles. The zero-order valence-electron chi connectivity index (χ0n) is 17.9. The molecule has 0 saturated heterocycles. The van der Waals surface area contributed by atoms with Crippen LogP contribution < -0.4 is 14.2 Å². The lowest BCUT2D eigenvalue weighted by Crippen LogP contribution is -2.31. The van der Waals surface area contributed by atoms with Gasteiger partial charge in [-0.25, -0.2) is 0 Å². The topological polar surface area (TPSA) is 58.6 Å². The van der Waals surface area contributed by atoms with Crippen LogP contribution in [0.4, 0.5) is 0 Å². The van der Waals surface area contributed by atoms with Crippen LogP contribution in [0.25, 0.3) is 0 Å². The van der Waals surface area contributed by atoms with Crippen molar-refractivity contribution in [1.82, 2.24) is 4.90 Å². The van der Waals surface area contributed by atoms with Gasteiger partial charge in [-0.2, -0.15) is 0 Å². The predicted octanol–water partition coefficient (Wildman–Crippen LogP) is 2.86. The zero-order valence-corrected chi connectivity index (χ0v) is 17.9. The Balaban J connectivity index is 2.12. The molecule has 1 aromatic rings. The minimum Gasteiger partial charge on any atom is -0.493 e. The molecule has 0 N–H and O–H groups in total. The van der Waals surface area contributed by atoms with Crippen molar-refractivity contribution in [2.75, 3.05) is 81.1 Å². The molecule has 0 unspecified atom stereocenters. The Kier molecular flexibility index (Phi) is 14.4. The first kappa shape index (κ1) is 24.5. The molecule has 0 radical (unpaired) electrons. The third-order valence-corrected chi connectivity index (χ3v) is 4.34. The minimum atomic E-state index is 0.457. The Bertz CT molecular complexity index is 470. The quantitative estimate of drug-likeness (QED) is 0.352. The summed E-state index contributed by atoms with van der Waals surface area (Å²) in [7, 11) is 6.70. The van der Waals surface area contributed by atoms with E-state index in [2.05, 4.69) is 4.90 Å². The van der Waals surface area contributed by atoms with Crippen LogP contribution in [0.15, 0.2) is 18.2 Å². The van der Waals surface area contributed by atoms with Gasteiger partial charge in [0.05, 0.1) is 34.0 Å². The summed E-state index contributed by atoms with van der Waals surface area (Å²) in [6, 6.07) is 5.56. The van der Waals surface area contributed by atoms with Gasteiger partial charge in [0.25, 0.3) is 0 Å². The highest BCUT2D eigenvalue weighted by atomic mass is 16.6. The van der Waals surface area contributed by atoms with Crippen LogP contribution in [0.2, 0.25) is 0 Å². The molecule has 7 heteroatoms. The van der Waals surface area contributed by atoms with Crippen LogP contribution >= 0.6 is 0 Å². The zero-order chi connectivity index (χ0) is 20.5. The monoisotopic (exact) mass is 399 g/mol. The van der Waals surface area contributed by atoms with Crippen molar-refractivity contribution in [2.24, 2.45) is 0 Å². The third-order valence-electron chi connectivity index (χ3n) is 4.34. The Morgan fingerprint density at radius 1 is 0.679 bits per heavy atom. The minimum absolute atomic E-state index is 0.457. The number of hydrogen-bond donors (Lipinski definition) is 0. The van der Waals surface area contributed by atoms with E-state index in [0.717, 1.165) is 58.7 Å². The van der Waals surface area contributed by atoms with Gasteiger partial charge < -0.3 is 28.4 Å². The van der Waals surface area contributed by atoms with Crippen LogP contribution in [0.1, 0.15) is 19.3 Å². The highest BCUT2D eigenvalue weighted by Crippen LogP contribution is 2.36. The summed E-state index contributed by atoms with van der Waals surface area (Å²) < 4.78 is 32.4. The summed E-state index contributed by atoms with van der Waals surface area (Å²) in [6.07, 6.45) is 3.32. The molecule has 28 heavy (non-hydrogen) atoms. The molecule has 0 bridgehead atoms. The van der Waals surface area contributed by atoms with E-state index in [4.69, 9.17) is 28.4 Å². The maximum atomic E-state index is 5.78. The van der Waals surface area contributed by atoms with Gasteiger partial charge in [-0.05, 0) is 37.9 Å². The van der Waals surface area contributed by atoms with Crippen molar-refractivity contribution in [2.45, 2.75) is 19.3 Å². The number of unbranched alkanes of at least 4 members (excludes halogenated alkanes) is 2. The van der Waals surface area contributed by atoms with E-state index < -0.39 is 0 Å². The average molecular weight is 400 g/mol. The Labute approximate surface area is 169 Å². The first-order chi connectivity index (χ1) is 13.8. The SMILES string of the molecule is COCCN(CCCCCOCCOc1c(OC)cccc1OC)CCOC. The van der Waals surface area contributed by atoms with Crippen molar-refractivity contribution in [3.8, 4) is 17.2 Å². The van der Waals surface area contributed by atoms with E-state index in [9.17, 15) is 0 Å². The van der Waals surface area contributed by atoms with Crippen molar-refractivity contribution in [3.63, 3.8) is 0 Å². The van der Waals surface area contributed by atoms with Crippen LogP contribution in [0, 0.1) is 0 Å². The van der Waals surface area contributed by atoms with Gasteiger partial charge in [-0.15, -0.1) is 0 Å². The maximum Gasteiger partial charge on any atom is 0.203 e. The van der Waals surface area contributed by atoms with Gasteiger partial charge in [-0.1, -0.05) is 6.07 Å². The molecule has 0 aliphatic carbocycles. The van der Waals surface area contributed by atoms with E-state index in [1.54, 1.807) is 28.4 Å². The molecular formula is C21H37NO6. The second-order valence-electron chi connectivity index (χ2n) is 6.34. The van der Waals surface area contributed by atoms with E-state index in [1.807, 2.05) is 18.2 Å². The molecule has 162 valence electrons. The van der Waals surface area contributed by atoms with Crippen molar-refractivity contribution >= 4 is 0 Å². The molecule has 0 atom stereocenters. The molecule has 0 heterocycles. The van der Waals surface area contributed by atoms with Crippen LogP contribution in [0.3, 0.4) is 0 Å². The summed E-state index contributed by atoms with van der Waals surface area (Å²) in [5.74, 6) is 1.93. The molecule has 0 amide bonds. The highest BCUT2D eigenvalue weighted by Gasteiger charge is 2.10. The summed E-state index contributed by atoms with van der Waals surface area (Å²) in [5, 5.41) is 0. The number of rotatable bonds is 18.